The van der Waals surface area contributed by atoms with Crippen LogP contribution in [0.2, 0.25) is 0 Å². The minimum atomic E-state index is -4.45. The number of ether oxygens (including phenoxy) is 2. The van der Waals surface area contributed by atoms with Crippen molar-refractivity contribution in [2.24, 2.45) is 5.92 Å². The van der Waals surface area contributed by atoms with Crippen LogP contribution in [-0.2, 0) is 22.1 Å². The smallest absolute Gasteiger partial charge is 0.416 e. The first-order valence-electron chi connectivity index (χ1n) is 8.27. The molecule has 144 valence electrons. The highest BCUT2D eigenvalue weighted by atomic mass is 19.4. The van der Waals surface area contributed by atoms with Gasteiger partial charge in [0.2, 0.25) is 0 Å². The van der Waals surface area contributed by atoms with E-state index in [1.165, 1.54) is 31.4 Å². The zero-order valence-electron chi connectivity index (χ0n) is 14.9. The Bertz CT molecular complexity index is 780. The van der Waals surface area contributed by atoms with Gasteiger partial charge in [0, 0.05) is 5.56 Å². The summed E-state index contributed by atoms with van der Waals surface area (Å²) in [6.45, 7) is 1.71. The zero-order valence-corrected chi connectivity index (χ0v) is 14.9. The molecule has 0 N–H and O–H groups in total. The van der Waals surface area contributed by atoms with E-state index < -0.39 is 29.4 Å². The number of carbonyl (C=O) groups is 2. The van der Waals surface area contributed by atoms with Gasteiger partial charge >= 0.3 is 12.1 Å². The molecule has 2 aromatic rings. The molecule has 2 aromatic carbocycles. The van der Waals surface area contributed by atoms with Crippen molar-refractivity contribution in [2.75, 3.05) is 13.7 Å². The predicted molar refractivity (Wildman–Crippen MR) is 92.6 cm³/mol. The molecule has 0 aliphatic carbocycles. The Labute approximate surface area is 154 Å². The van der Waals surface area contributed by atoms with Crippen LogP contribution in [0.15, 0.2) is 48.5 Å². The Balaban J connectivity index is 2.25. The highest BCUT2D eigenvalue weighted by Gasteiger charge is 2.32. The zero-order chi connectivity index (χ0) is 20.0. The summed E-state index contributed by atoms with van der Waals surface area (Å²) in [5, 5.41) is 0. The molecule has 0 heterocycles. The van der Waals surface area contributed by atoms with Gasteiger partial charge in [-0.2, -0.15) is 13.2 Å². The molecule has 0 radical (unpaired) electrons. The van der Waals surface area contributed by atoms with Crippen LogP contribution in [0.1, 0.15) is 28.4 Å². The molecule has 0 amide bonds. The number of halogens is 3. The maximum Gasteiger partial charge on any atom is 0.416 e. The summed E-state index contributed by atoms with van der Waals surface area (Å²) in [7, 11) is 1.49. The molecule has 2 rings (SSSR count). The van der Waals surface area contributed by atoms with E-state index in [2.05, 4.69) is 0 Å². The Morgan fingerprint density at radius 3 is 2.07 bits per heavy atom. The van der Waals surface area contributed by atoms with E-state index in [1.54, 1.807) is 19.1 Å². The second kappa shape index (κ2) is 8.70. The fourth-order valence-corrected chi connectivity index (χ4v) is 2.55. The van der Waals surface area contributed by atoms with E-state index in [4.69, 9.17) is 9.47 Å². The molecule has 1 atom stereocenters. The minimum Gasteiger partial charge on any atom is -0.497 e. The molecule has 4 nitrogen and oxygen atoms in total. The second-order valence-corrected chi connectivity index (χ2v) is 5.80. The van der Waals surface area contributed by atoms with Crippen molar-refractivity contribution in [3.8, 4) is 5.75 Å². The first-order valence-corrected chi connectivity index (χ1v) is 8.27. The van der Waals surface area contributed by atoms with Crippen molar-refractivity contribution in [1.29, 1.82) is 0 Å². The third-order valence-electron chi connectivity index (χ3n) is 3.98. The predicted octanol–water partition coefficient (Wildman–Crippen LogP) is 4.32. The van der Waals surface area contributed by atoms with Gasteiger partial charge in [0.05, 0.1) is 19.3 Å². The molecule has 0 spiro atoms. The Morgan fingerprint density at radius 2 is 1.59 bits per heavy atom. The van der Waals surface area contributed by atoms with Crippen LogP contribution in [0, 0.1) is 5.92 Å². The van der Waals surface area contributed by atoms with Gasteiger partial charge in [0.1, 0.15) is 11.7 Å². The number of Topliss-reactive ketones (excluding diaryl/α,β-unsaturated/α-hetero) is 1. The standard InChI is InChI=1S/C20H19F3O4/c1-3-27-19(25)17(18(24)14-6-10-16(26-2)11-7-14)12-13-4-8-15(9-5-13)20(21,22)23/h4-11,17H,3,12H2,1-2H3. The Hall–Kier alpha value is -2.83. The average Bonchev–Trinajstić information content (AvgIpc) is 2.65. The van der Waals surface area contributed by atoms with Crippen LogP contribution in [-0.4, -0.2) is 25.5 Å². The summed E-state index contributed by atoms with van der Waals surface area (Å²) < 4.78 is 48.1. The van der Waals surface area contributed by atoms with Crippen LogP contribution in [0.25, 0.3) is 0 Å². The van der Waals surface area contributed by atoms with Crippen molar-refractivity contribution in [3.63, 3.8) is 0 Å². The van der Waals surface area contributed by atoms with E-state index in [9.17, 15) is 22.8 Å². The van der Waals surface area contributed by atoms with Gasteiger partial charge in [0.15, 0.2) is 5.78 Å². The van der Waals surface area contributed by atoms with Crippen LogP contribution in [0.5, 0.6) is 5.75 Å². The number of hydrogen-bond donors (Lipinski definition) is 0. The number of benzene rings is 2. The molecular weight excluding hydrogens is 361 g/mol. The molecule has 0 fully saturated rings. The molecule has 0 saturated carbocycles. The van der Waals surface area contributed by atoms with E-state index in [1.807, 2.05) is 0 Å². The third-order valence-corrected chi connectivity index (χ3v) is 3.98. The lowest BCUT2D eigenvalue weighted by Crippen LogP contribution is -2.28. The quantitative estimate of drug-likeness (QED) is 0.408. The number of rotatable bonds is 7. The highest BCUT2D eigenvalue weighted by molar-refractivity contribution is 6.08. The van der Waals surface area contributed by atoms with Gasteiger partial charge in [-0.1, -0.05) is 12.1 Å². The van der Waals surface area contributed by atoms with E-state index in [-0.39, 0.29) is 13.0 Å². The van der Waals surface area contributed by atoms with Gasteiger partial charge < -0.3 is 9.47 Å². The van der Waals surface area contributed by atoms with E-state index in [0.29, 0.717) is 16.9 Å². The number of esters is 1. The van der Waals surface area contributed by atoms with Crippen molar-refractivity contribution < 1.29 is 32.2 Å². The largest absolute Gasteiger partial charge is 0.497 e. The maximum atomic E-state index is 12.8. The first kappa shape index (κ1) is 20.5. The first-order chi connectivity index (χ1) is 12.8. The Morgan fingerprint density at radius 1 is 1.00 bits per heavy atom. The van der Waals surface area contributed by atoms with Crippen LogP contribution in [0.4, 0.5) is 13.2 Å². The number of methoxy groups -OCH3 is 1. The van der Waals surface area contributed by atoms with Gasteiger partial charge in [-0.05, 0) is 55.3 Å². The van der Waals surface area contributed by atoms with Crippen LogP contribution >= 0.6 is 0 Å². The van der Waals surface area contributed by atoms with Crippen LogP contribution in [0.3, 0.4) is 0 Å². The summed E-state index contributed by atoms with van der Waals surface area (Å²) >= 11 is 0. The summed E-state index contributed by atoms with van der Waals surface area (Å²) in [6, 6.07) is 10.6. The van der Waals surface area contributed by atoms with Gasteiger partial charge in [-0.15, -0.1) is 0 Å². The van der Waals surface area contributed by atoms with Gasteiger partial charge in [-0.3, -0.25) is 9.59 Å². The summed E-state index contributed by atoms with van der Waals surface area (Å²) in [6.07, 6.45) is -4.50. The maximum absolute atomic E-state index is 12.8. The monoisotopic (exact) mass is 380 g/mol. The van der Waals surface area contributed by atoms with Crippen LogP contribution < -0.4 is 4.74 Å². The molecule has 27 heavy (non-hydrogen) atoms. The number of hydrogen-bond acceptors (Lipinski definition) is 4. The third kappa shape index (κ3) is 5.32. The molecule has 0 bridgehead atoms. The summed E-state index contributed by atoms with van der Waals surface area (Å²) in [4.78, 5) is 25.0. The lowest BCUT2D eigenvalue weighted by atomic mass is 9.91. The van der Waals surface area contributed by atoms with Crippen molar-refractivity contribution in [2.45, 2.75) is 19.5 Å². The topological polar surface area (TPSA) is 52.6 Å². The molecule has 0 aliphatic heterocycles. The second-order valence-electron chi connectivity index (χ2n) is 5.80. The molecule has 0 aromatic heterocycles. The van der Waals surface area contributed by atoms with Crippen molar-refractivity contribution in [1.82, 2.24) is 0 Å². The SMILES string of the molecule is CCOC(=O)C(Cc1ccc(C(F)(F)F)cc1)C(=O)c1ccc(OC)cc1. The highest BCUT2D eigenvalue weighted by Crippen LogP contribution is 2.29. The molecular formula is C20H19F3O4. The lowest BCUT2D eigenvalue weighted by Gasteiger charge is -2.15. The number of ketones is 1. The fraction of sp³-hybridized carbons (Fsp3) is 0.300. The van der Waals surface area contributed by atoms with E-state index in [0.717, 1.165) is 12.1 Å². The molecule has 7 heteroatoms. The normalized spacial score (nSPS) is 12.3. The van der Waals surface area contributed by atoms with Crippen molar-refractivity contribution in [3.05, 3.63) is 65.2 Å². The molecule has 0 aliphatic rings. The summed E-state index contributed by atoms with van der Waals surface area (Å²) in [5.74, 6) is -1.76. The molecule has 0 saturated heterocycles. The minimum absolute atomic E-state index is 0.0537. The lowest BCUT2D eigenvalue weighted by molar-refractivity contribution is -0.146. The Kier molecular flexibility index (Phi) is 6.60. The number of carbonyl (C=O) groups excluding carboxylic acids is 2. The van der Waals surface area contributed by atoms with Gasteiger partial charge in [-0.25, -0.2) is 0 Å². The van der Waals surface area contributed by atoms with Gasteiger partial charge in [0.25, 0.3) is 0 Å². The van der Waals surface area contributed by atoms with Crippen molar-refractivity contribution >= 4 is 11.8 Å². The van der Waals surface area contributed by atoms with E-state index >= 15 is 0 Å². The number of alkyl halides is 3. The fourth-order valence-electron chi connectivity index (χ4n) is 2.55. The summed E-state index contributed by atoms with van der Waals surface area (Å²) in [5.41, 5.74) is -0.0657. The molecule has 1 unspecified atom stereocenters. The average molecular weight is 380 g/mol.